The van der Waals surface area contributed by atoms with E-state index >= 15 is 0 Å². The van der Waals surface area contributed by atoms with E-state index in [-0.39, 0.29) is 17.6 Å². The van der Waals surface area contributed by atoms with Crippen LogP contribution >= 0.6 is 15.9 Å². The number of aromatic nitrogens is 7. The van der Waals surface area contributed by atoms with Gasteiger partial charge in [-0.15, -0.1) is 5.10 Å². The van der Waals surface area contributed by atoms with Crippen LogP contribution in [-0.2, 0) is 13.1 Å². The highest BCUT2D eigenvalue weighted by Gasteiger charge is 2.15. The maximum Gasteiger partial charge on any atom is 0.283 e. The van der Waals surface area contributed by atoms with Crippen molar-refractivity contribution in [3.63, 3.8) is 0 Å². The highest BCUT2D eigenvalue weighted by atomic mass is 79.9. The van der Waals surface area contributed by atoms with Gasteiger partial charge in [0.15, 0.2) is 11.2 Å². The minimum atomic E-state index is -0.317. The van der Waals surface area contributed by atoms with Crippen LogP contribution in [0.1, 0.15) is 17.0 Å². The largest absolute Gasteiger partial charge is 0.337 e. The summed E-state index contributed by atoms with van der Waals surface area (Å²) in [6, 6.07) is 15.6. The number of rotatable bonds is 5. The number of nitrogens with zero attached hydrogens (tertiary/aromatic N) is 7. The van der Waals surface area contributed by atoms with Crippen LogP contribution in [0.15, 0.2) is 68.6 Å². The quantitative estimate of drug-likeness (QED) is 0.382. The fourth-order valence-electron chi connectivity index (χ4n) is 3.30. The third kappa shape index (κ3) is 3.89. The summed E-state index contributed by atoms with van der Waals surface area (Å²) in [4.78, 5) is 21.7. The Kier molecular flexibility index (Phi) is 4.91. The summed E-state index contributed by atoms with van der Waals surface area (Å²) in [6.07, 6.45) is 1.45. The lowest BCUT2D eigenvalue weighted by Crippen LogP contribution is -2.21. The molecule has 0 radical (unpaired) electrons. The van der Waals surface area contributed by atoms with Gasteiger partial charge in [-0.1, -0.05) is 68.3 Å². The fraction of sp³-hybridized carbons (Fsp3) is 0.143. The Bertz CT molecular complexity index is 1450. The molecule has 0 fully saturated rings. The predicted molar refractivity (Wildman–Crippen MR) is 116 cm³/mol. The molecule has 2 aromatic carbocycles. The molecule has 0 saturated carbocycles. The van der Waals surface area contributed by atoms with Crippen molar-refractivity contribution in [3.8, 4) is 11.4 Å². The molecule has 0 N–H and O–H groups in total. The van der Waals surface area contributed by atoms with Crippen molar-refractivity contribution in [1.82, 2.24) is 34.7 Å². The van der Waals surface area contributed by atoms with Gasteiger partial charge in [0.05, 0.1) is 6.54 Å². The maximum atomic E-state index is 12.9. The summed E-state index contributed by atoms with van der Waals surface area (Å²) in [5, 5.41) is 12.2. The summed E-state index contributed by atoms with van der Waals surface area (Å²) in [5.74, 6) is 0.743. The van der Waals surface area contributed by atoms with Gasteiger partial charge in [-0.25, -0.2) is 9.67 Å². The number of fused-ring (bicyclic) bond motifs is 1. The van der Waals surface area contributed by atoms with Gasteiger partial charge in [0, 0.05) is 10.0 Å². The highest BCUT2D eigenvalue weighted by molar-refractivity contribution is 9.10. The number of hydrogen-bond donors (Lipinski definition) is 0. The van der Waals surface area contributed by atoms with E-state index < -0.39 is 0 Å². The number of aryl methyl sites for hydroxylation is 1. The molecule has 9 nitrogen and oxygen atoms in total. The normalized spacial score (nSPS) is 11.3. The minimum Gasteiger partial charge on any atom is -0.337 e. The molecule has 0 aliphatic heterocycles. The molecular weight excluding hydrogens is 462 g/mol. The molecule has 5 rings (SSSR count). The molecule has 10 heteroatoms. The number of hydrogen-bond acceptors (Lipinski definition) is 7. The van der Waals surface area contributed by atoms with E-state index in [1.807, 2.05) is 49.4 Å². The van der Waals surface area contributed by atoms with Crippen LogP contribution in [-0.4, -0.2) is 34.7 Å². The Balaban J connectivity index is 1.42. The van der Waals surface area contributed by atoms with E-state index in [0.29, 0.717) is 23.9 Å². The van der Waals surface area contributed by atoms with Crippen LogP contribution < -0.4 is 5.56 Å². The Hall–Kier alpha value is -3.66. The van der Waals surface area contributed by atoms with Gasteiger partial charge >= 0.3 is 0 Å². The van der Waals surface area contributed by atoms with Crippen LogP contribution in [0.2, 0.25) is 0 Å². The predicted octanol–water partition coefficient (Wildman–Crippen LogP) is 3.21. The molecular formula is C21H16BrN7O2. The topological polar surface area (TPSA) is 105 Å². The molecule has 0 unspecified atom stereocenters. The van der Waals surface area contributed by atoms with E-state index in [0.717, 1.165) is 21.2 Å². The lowest BCUT2D eigenvalue weighted by Gasteiger charge is -2.04. The van der Waals surface area contributed by atoms with Crippen molar-refractivity contribution in [3.05, 3.63) is 86.7 Å². The Labute approximate surface area is 184 Å². The van der Waals surface area contributed by atoms with Crippen molar-refractivity contribution in [1.29, 1.82) is 0 Å². The lowest BCUT2D eigenvalue weighted by atomic mass is 10.1. The smallest absolute Gasteiger partial charge is 0.283 e. The van der Waals surface area contributed by atoms with Gasteiger partial charge < -0.3 is 4.52 Å². The molecule has 0 aliphatic rings. The van der Waals surface area contributed by atoms with Crippen LogP contribution in [0.3, 0.4) is 0 Å². The zero-order valence-electron chi connectivity index (χ0n) is 16.4. The van der Waals surface area contributed by atoms with E-state index in [2.05, 4.69) is 47.4 Å². The van der Waals surface area contributed by atoms with Crippen molar-refractivity contribution in [2.45, 2.75) is 20.0 Å². The zero-order valence-corrected chi connectivity index (χ0v) is 18.0. The molecule has 0 amide bonds. The van der Waals surface area contributed by atoms with Gasteiger partial charge in [-0.2, -0.15) is 4.98 Å². The van der Waals surface area contributed by atoms with Crippen molar-refractivity contribution < 1.29 is 4.52 Å². The zero-order chi connectivity index (χ0) is 21.4. The lowest BCUT2D eigenvalue weighted by molar-refractivity contribution is 0.369. The Morgan fingerprint density at radius 2 is 1.97 bits per heavy atom. The fourth-order valence-corrected chi connectivity index (χ4v) is 3.70. The van der Waals surface area contributed by atoms with Gasteiger partial charge in [0.1, 0.15) is 12.9 Å². The number of benzene rings is 2. The van der Waals surface area contributed by atoms with E-state index in [4.69, 9.17) is 4.52 Å². The molecule has 0 bridgehead atoms. The second-order valence-electron chi connectivity index (χ2n) is 7.11. The summed E-state index contributed by atoms with van der Waals surface area (Å²) in [5.41, 5.74) is 3.33. The molecule has 31 heavy (non-hydrogen) atoms. The van der Waals surface area contributed by atoms with Crippen LogP contribution in [0.4, 0.5) is 0 Å². The molecule has 0 aliphatic carbocycles. The third-order valence-electron chi connectivity index (χ3n) is 4.76. The van der Waals surface area contributed by atoms with Gasteiger partial charge in [0.2, 0.25) is 11.7 Å². The second kappa shape index (κ2) is 7.88. The molecule has 0 spiro atoms. The third-order valence-corrected chi connectivity index (χ3v) is 5.26. The first-order valence-electron chi connectivity index (χ1n) is 9.49. The first kappa shape index (κ1) is 19.3. The van der Waals surface area contributed by atoms with Crippen LogP contribution in [0.5, 0.6) is 0 Å². The van der Waals surface area contributed by atoms with Gasteiger partial charge in [-0.05, 0) is 24.6 Å². The monoisotopic (exact) mass is 477 g/mol. The van der Waals surface area contributed by atoms with Crippen LogP contribution in [0, 0.1) is 6.92 Å². The van der Waals surface area contributed by atoms with E-state index in [9.17, 15) is 4.79 Å². The summed E-state index contributed by atoms with van der Waals surface area (Å²) >= 11 is 3.42. The first-order valence-corrected chi connectivity index (χ1v) is 10.3. The Morgan fingerprint density at radius 1 is 1.10 bits per heavy atom. The minimum absolute atomic E-state index is 0.0908. The molecule has 0 atom stereocenters. The van der Waals surface area contributed by atoms with Crippen molar-refractivity contribution in [2.24, 2.45) is 0 Å². The second-order valence-corrected chi connectivity index (χ2v) is 8.02. The SMILES string of the molecule is Cc1cccc(Cn2nnc3c(=O)n(Cc4nc(-c5cccc(Br)c5)no4)cnc32)c1. The summed E-state index contributed by atoms with van der Waals surface area (Å²) < 4.78 is 9.23. The van der Waals surface area contributed by atoms with Gasteiger partial charge in [-0.3, -0.25) is 9.36 Å². The van der Waals surface area contributed by atoms with E-state index in [1.165, 1.54) is 10.9 Å². The van der Waals surface area contributed by atoms with E-state index in [1.54, 1.807) is 4.68 Å². The average molecular weight is 478 g/mol. The average Bonchev–Trinajstić information content (AvgIpc) is 3.38. The Morgan fingerprint density at radius 3 is 2.81 bits per heavy atom. The maximum absolute atomic E-state index is 12.9. The highest BCUT2D eigenvalue weighted by Crippen LogP contribution is 2.20. The van der Waals surface area contributed by atoms with Gasteiger partial charge in [0.25, 0.3) is 5.56 Å². The van der Waals surface area contributed by atoms with Crippen molar-refractivity contribution in [2.75, 3.05) is 0 Å². The summed E-state index contributed by atoms with van der Waals surface area (Å²) in [6.45, 7) is 2.60. The van der Waals surface area contributed by atoms with Crippen LogP contribution in [0.25, 0.3) is 22.6 Å². The molecule has 154 valence electrons. The molecule has 3 aromatic heterocycles. The number of halogens is 1. The van der Waals surface area contributed by atoms with Crippen molar-refractivity contribution >= 4 is 27.1 Å². The first-order chi connectivity index (χ1) is 15.1. The standard InChI is InChI=1S/C21H16BrN7O2/c1-13-4-2-5-14(8-13)10-29-20-18(25-27-29)21(30)28(12-23-20)11-17-24-19(26-31-17)15-6-3-7-16(22)9-15/h2-9,12H,10-11H2,1H3. The molecule has 3 heterocycles. The summed E-state index contributed by atoms with van der Waals surface area (Å²) in [7, 11) is 0. The molecule has 0 saturated heterocycles. The molecule has 5 aromatic rings.